The number of rotatable bonds is 2. The summed E-state index contributed by atoms with van der Waals surface area (Å²) in [6.07, 6.45) is 6.26. The van der Waals surface area contributed by atoms with Crippen LogP contribution in [0.2, 0.25) is 0 Å². The number of carbonyl (C=O) groups excluding carboxylic acids is 1. The molecule has 3 rings (SSSR count). The Morgan fingerprint density at radius 1 is 1.37 bits per heavy atom. The van der Waals surface area contributed by atoms with Gasteiger partial charge in [-0.1, -0.05) is 0 Å². The van der Waals surface area contributed by atoms with Crippen molar-refractivity contribution in [2.24, 2.45) is 0 Å². The van der Waals surface area contributed by atoms with Gasteiger partial charge in [0.25, 0.3) is 5.91 Å². The van der Waals surface area contributed by atoms with E-state index >= 15 is 0 Å². The van der Waals surface area contributed by atoms with Crippen molar-refractivity contribution in [1.82, 2.24) is 10.2 Å². The van der Waals surface area contributed by atoms with Crippen LogP contribution in [0.3, 0.4) is 0 Å². The summed E-state index contributed by atoms with van der Waals surface area (Å²) in [4.78, 5) is 14.3. The zero-order chi connectivity index (χ0) is 12.7. The van der Waals surface area contributed by atoms with Gasteiger partial charge in [0.15, 0.2) is 0 Å². The molecule has 2 saturated heterocycles. The van der Waals surface area contributed by atoms with Crippen LogP contribution in [-0.2, 0) is 0 Å². The van der Waals surface area contributed by atoms with Crippen LogP contribution in [0.5, 0.6) is 0 Å². The first-order chi connectivity index (χ1) is 8.65. The minimum Gasteiger partial charge on any atom is -0.469 e. The van der Waals surface area contributed by atoms with Gasteiger partial charge in [-0.05, 0) is 38.7 Å². The number of nitrogens with one attached hydrogen (secondary N) is 1. The van der Waals surface area contributed by atoms with Gasteiger partial charge in [-0.25, -0.2) is 0 Å². The lowest BCUT2D eigenvalue weighted by atomic mass is 9.98. The van der Waals surface area contributed by atoms with Crippen molar-refractivity contribution in [3.05, 3.63) is 23.7 Å². The second-order valence-electron chi connectivity index (χ2n) is 5.57. The molecule has 0 aromatic carbocycles. The van der Waals surface area contributed by atoms with Crippen molar-refractivity contribution in [2.45, 2.75) is 50.7 Å². The molecule has 0 aliphatic carbocycles. The van der Waals surface area contributed by atoms with E-state index in [-0.39, 0.29) is 18.3 Å². The van der Waals surface area contributed by atoms with Gasteiger partial charge in [0, 0.05) is 25.2 Å². The first kappa shape index (κ1) is 14.4. The largest absolute Gasteiger partial charge is 0.469 e. The molecular formula is C14H21ClN2O2. The number of hydrogen-bond acceptors (Lipinski definition) is 3. The van der Waals surface area contributed by atoms with Gasteiger partial charge in [-0.2, -0.15) is 0 Å². The van der Waals surface area contributed by atoms with E-state index in [0.29, 0.717) is 29.4 Å². The van der Waals surface area contributed by atoms with Crippen molar-refractivity contribution in [3.8, 4) is 0 Å². The third-order valence-electron chi connectivity index (χ3n) is 4.41. The minimum atomic E-state index is 0. The van der Waals surface area contributed by atoms with Crippen molar-refractivity contribution in [3.63, 3.8) is 0 Å². The second-order valence-corrected chi connectivity index (χ2v) is 5.57. The molecule has 0 spiro atoms. The third-order valence-corrected chi connectivity index (χ3v) is 4.41. The number of carbonyl (C=O) groups is 1. The lowest BCUT2D eigenvalue weighted by Gasteiger charge is -2.35. The Hall–Kier alpha value is -1.00. The summed E-state index contributed by atoms with van der Waals surface area (Å²) in [7, 11) is 1.92. The lowest BCUT2D eigenvalue weighted by Crippen LogP contribution is -2.48. The quantitative estimate of drug-likeness (QED) is 0.907. The average Bonchev–Trinajstić information content (AvgIpc) is 2.93. The summed E-state index contributed by atoms with van der Waals surface area (Å²) in [5.41, 5.74) is 0.698. The van der Waals surface area contributed by atoms with Gasteiger partial charge in [-0.15, -0.1) is 12.4 Å². The summed E-state index contributed by atoms with van der Waals surface area (Å²) in [6.45, 7) is 1.84. The number of halogens is 1. The molecule has 1 aromatic heterocycles. The van der Waals surface area contributed by atoms with Crippen molar-refractivity contribution < 1.29 is 9.21 Å². The predicted molar refractivity (Wildman–Crippen MR) is 75.8 cm³/mol. The number of fused-ring (bicyclic) bond motifs is 2. The fourth-order valence-corrected chi connectivity index (χ4v) is 3.31. The molecule has 1 aromatic rings. The maximum Gasteiger partial charge on any atom is 0.257 e. The van der Waals surface area contributed by atoms with Gasteiger partial charge in [0.1, 0.15) is 5.76 Å². The Morgan fingerprint density at radius 3 is 2.53 bits per heavy atom. The van der Waals surface area contributed by atoms with E-state index in [1.54, 1.807) is 12.3 Å². The van der Waals surface area contributed by atoms with Crippen LogP contribution in [0.1, 0.15) is 41.8 Å². The van der Waals surface area contributed by atoms with Gasteiger partial charge in [0.05, 0.1) is 11.8 Å². The summed E-state index contributed by atoms with van der Waals surface area (Å²) in [6, 6.07) is 3.35. The van der Waals surface area contributed by atoms with E-state index in [2.05, 4.69) is 5.32 Å². The molecule has 1 N–H and O–H groups in total. The van der Waals surface area contributed by atoms with E-state index < -0.39 is 0 Å². The number of nitrogens with zero attached hydrogens (tertiary/aromatic N) is 1. The van der Waals surface area contributed by atoms with Crippen molar-refractivity contribution in [1.29, 1.82) is 0 Å². The number of furan rings is 1. The molecule has 1 amide bonds. The number of piperidine rings is 1. The van der Waals surface area contributed by atoms with E-state index in [1.807, 2.05) is 18.9 Å². The Morgan fingerprint density at radius 2 is 2.00 bits per heavy atom. The molecule has 2 atom stereocenters. The zero-order valence-electron chi connectivity index (χ0n) is 11.4. The Kier molecular flexibility index (Phi) is 4.21. The Balaban J connectivity index is 0.00000133. The normalized spacial score (nSPS) is 28.8. The van der Waals surface area contributed by atoms with E-state index in [4.69, 9.17) is 4.42 Å². The highest BCUT2D eigenvalue weighted by atomic mass is 35.5. The summed E-state index contributed by atoms with van der Waals surface area (Å²) in [5.74, 6) is 0.802. The van der Waals surface area contributed by atoms with Crippen LogP contribution >= 0.6 is 12.4 Å². The first-order valence-electron chi connectivity index (χ1n) is 6.72. The summed E-state index contributed by atoms with van der Waals surface area (Å²) in [5, 5.41) is 3.60. The molecule has 2 unspecified atom stereocenters. The Labute approximate surface area is 119 Å². The highest BCUT2D eigenvalue weighted by molar-refractivity contribution is 5.95. The van der Waals surface area contributed by atoms with Crippen LogP contribution in [0.15, 0.2) is 16.7 Å². The molecule has 2 fully saturated rings. The minimum absolute atomic E-state index is 0. The van der Waals surface area contributed by atoms with Gasteiger partial charge < -0.3 is 14.6 Å². The predicted octanol–water partition coefficient (Wildman–Crippen LogP) is 2.36. The molecule has 106 valence electrons. The monoisotopic (exact) mass is 284 g/mol. The Bertz CT molecular complexity index is 448. The molecule has 2 aliphatic heterocycles. The number of hydrogen-bond donors (Lipinski definition) is 1. The molecule has 0 radical (unpaired) electrons. The molecule has 3 heterocycles. The van der Waals surface area contributed by atoms with Gasteiger partial charge in [0.2, 0.25) is 0 Å². The summed E-state index contributed by atoms with van der Waals surface area (Å²) < 4.78 is 5.22. The number of aryl methyl sites for hydroxylation is 1. The zero-order valence-corrected chi connectivity index (χ0v) is 12.2. The SMILES string of the molecule is Cc1occc1C(=O)N(C)C1CC2CCC(C1)N2.Cl. The smallest absolute Gasteiger partial charge is 0.257 e. The fourth-order valence-electron chi connectivity index (χ4n) is 3.31. The van der Waals surface area contributed by atoms with E-state index in [9.17, 15) is 4.79 Å². The van der Waals surface area contributed by atoms with Crippen LogP contribution in [0.25, 0.3) is 0 Å². The van der Waals surface area contributed by atoms with Gasteiger partial charge >= 0.3 is 0 Å². The molecule has 5 heteroatoms. The highest BCUT2D eigenvalue weighted by Crippen LogP contribution is 2.30. The van der Waals surface area contributed by atoms with Crippen LogP contribution in [-0.4, -0.2) is 36.0 Å². The molecule has 0 saturated carbocycles. The van der Waals surface area contributed by atoms with Crippen molar-refractivity contribution >= 4 is 18.3 Å². The molecular weight excluding hydrogens is 264 g/mol. The van der Waals surface area contributed by atoms with Crippen LogP contribution in [0.4, 0.5) is 0 Å². The van der Waals surface area contributed by atoms with E-state index in [0.717, 1.165) is 12.8 Å². The standard InChI is InChI=1S/C14H20N2O2.ClH/c1-9-13(5-6-18-9)14(17)16(2)12-7-10-3-4-11(8-12)15-10;/h5-6,10-12,15H,3-4,7-8H2,1-2H3;1H. The third kappa shape index (κ3) is 2.65. The van der Waals surface area contributed by atoms with Crippen LogP contribution in [0, 0.1) is 6.92 Å². The second kappa shape index (κ2) is 5.55. The molecule has 2 bridgehead atoms. The maximum absolute atomic E-state index is 12.4. The molecule has 19 heavy (non-hydrogen) atoms. The fraction of sp³-hybridized carbons (Fsp3) is 0.643. The van der Waals surface area contributed by atoms with Crippen molar-refractivity contribution in [2.75, 3.05) is 7.05 Å². The topological polar surface area (TPSA) is 45.5 Å². The van der Waals surface area contributed by atoms with E-state index in [1.165, 1.54) is 12.8 Å². The number of amides is 1. The maximum atomic E-state index is 12.4. The first-order valence-corrected chi connectivity index (χ1v) is 6.72. The molecule has 4 nitrogen and oxygen atoms in total. The lowest BCUT2D eigenvalue weighted by molar-refractivity contribution is 0.0680. The van der Waals surface area contributed by atoms with Crippen LogP contribution < -0.4 is 5.32 Å². The highest BCUT2D eigenvalue weighted by Gasteiger charge is 2.36. The van der Waals surface area contributed by atoms with Gasteiger partial charge in [-0.3, -0.25) is 4.79 Å². The molecule has 2 aliphatic rings. The average molecular weight is 285 g/mol. The summed E-state index contributed by atoms with van der Waals surface area (Å²) >= 11 is 0.